The number of rotatable bonds is 5. The Bertz CT molecular complexity index is 498. The van der Waals surface area contributed by atoms with Gasteiger partial charge in [-0.1, -0.05) is 30.3 Å². The molecule has 18 heavy (non-hydrogen) atoms. The van der Waals surface area contributed by atoms with Crippen molar-refractivity contribution >= 4 is 15.9 Å². The first-order valence-electron chi connectivity index (χ1n) is 5.80. The summed E-state index contributed by atoms with van der Waals surface area (Å²) in [6, 6.07) is 13.8. The minimum absolute atomic E-state index is 0.0280. The SMILES string of the molecule is CC(CO)(NCc1ccccc1)c1ccc(Br)o1. The van der Waals surface area contributed by atoms with Crippen LogP contribution < -0.4 is 5.32 Å². The van der Waals surface area contributed by atoms with Crippen LogP contribution in [0.4, 0.5) is 0 Å². The van der Waals surface area contributed by atoms with Crippen molar-refractivity contribution in [1.29, 1.82) is 0 Å². The van der Waals surface area contributed by atoms with Crippen LogP contribution in [0.5, 0.6) is 0 Å². The number of aliphatic hydroxyl groups is 1. The number of benzene rings is 1. The summed E-state index contributed by atoms with van der Waals surface area (Å²) in [5, 5.41) is 12.9. The second-order valence-electron chi connectivity index (χ2n) is 4.43. The summed E-state index contributed by atoms with van der Waals surface area (Å²) < 4.78 is 6.19. The summed E-state index contributed by atoms with van der Waals surface area (Å²) in [6.07, 6.45) is 0. The molecule has 0 aliphatic heterocycles. The summed E-state index contributed by atoms with van der Waals surface area (Å²) in [5.41, 5.74) is 0.588. The molecular formula is C14H16BrNO2. The normalized spacial score (nSPS) is 14.4. The van der Waals surface area contributed by atoms with Crippen molar-refractivity contribution in [1.82, 2.24) is 5.32 Å². The lowest BCUT2D eigenvalue weighted by Crippen LogP contribution is -2.42. The molecule has 3 nitrogen and oxygen atoms in total. The van der Waals surface area contributed by atoms with Gasteiger partial charge in [-0.3, -0.25) is 5.32 Å². The van der Waals surface area contributed by atoms with Crippen molar-refractivity contribution in [3.05, 3.63) is 58.5 Å². The van der Waals surface area contributed by atoms with Crippen molar-refractivity contribution in [2.45, 2.75) is 19.0 Å². The molecule has 2 rings (SSSR count). The summed E-state index contributed by atoms with van der Waals surface area (Å²) in [6.45, 7) is 2.57. The highest BCUT2D eigenvalue weighted by atomic mass is 79.9. The van der Waals surface area contributed by atoms with Gasteiger partial charge in [0.2, 0.25) is 0 Å². The van der Waals surface area contributed by atoms with Crippen LogP contribution in [0.3, 0.4) is 0 Å². The molecule has 1 aromatic carbocycles. The third kappa shape index (κ3) is 3.02. The molecule has 2 N–H and O–H groups in total. The van der Waals surface area contributed by atoms with Gasteiger partial charge in [0.05, 0.1) is 12.1 Å². The van der Waals surface area contributed by atoms with Gasteiger partial charge in [-0.25, -0.2) is 0 Å². The molecule has 96 valence electrons. The highest BCUT2D eigenvalue weighted by Crippen LogP contribution is 2.25. The van der Waals surface area contributed by atoms with Crippen LogP contribution >= 0.6 is 15.9 Å². The van der Waals surface area contributed by atoms with Crippen LogP contribution in [-0.4, -0.2) is 11.7 Å². The monoisotopic (exact) mass is 309 g/mol. The first-order chi connectivity index (χ1) is 8.64. The standard InChI is InChI=1S/C14H16BrNO2/c1-14(10-17,12-7-8-13(15)18-12)16-9-11-5-3-2-4-6-11/h2-8,16-17H,9-10H2,1H3. The van der Waals surface area contributed by atoms with Gasteiger partial charge in [-0.05, 0) is 40.5 Å². The highest BCUT2D eigenvalue weighted by molar-refractivity contribution is 9.10. The maximum atomic E-state index is 9.59. The Morgan fingerprint density at radius 3 is 2.50 bits per heavy atom. The fourth-order valence-corrected chi connectivity index (χ4v) is 2.03. The third-order valence-corrected chi connectivity index (χ3v) is 3.38. The average molecular weight is 310 g/mol. The van der Waals surface area contributed by atoms with Gasteiger partial charge in [0.1, 0.15) is 5.76 Å². The third-order valence-electron chi connectivity index (χ3n) is 2.96. The van der Waals surface area contributed by atoms with Gasteiger partial charge in [-0.2, -0.15) is 0 Å². The molecule has 2 aromatic rings. The number of hydrogen-bond acceptors (Lipinski definition) is 3. The van der Waals surface area contributed by atoms with Gasteiger partial charge in [0, 0.05) is 6.54 Å². The summed E-state index contributed by atoms with van der Waals surface area (Å²) in [5.74, 6) is 0.716. The van der Waals surface area contributed by atoms with Crippen LogP contribution in [0.15, 0.2) is 51.6 Å². The molecule has 1 aromatic heterocycles. The van der Waals surface area contributed by atoms with Gasteiger partial charge in [0.15, 0.2) is 4.67 Å². The Kier molecular flexibility index (Phi) is 4.22. The van der Waals surface area contributed by atoms with E-state index in [1.807, 2.05) is 49.4 Å². The van der Waals surface area contributed by atoms with E-state index < -0.39 is 5.54 Å². The van der Waals surface area contributed by atoms with Gasteiger partial charge in [-0.15, -0.1) is 0 Å². The molecule has 1 heterocycles. The molecule has 0 aliphatic rings. The van der Waals surface area contributed by atoms with Crippen molar-refractivity contribution in [3.8, 4) is 0 Å². The van der Waals surface area contributed by atoms with E-state index in [4.69, 9.17) is 4.42 Å². The highest BCUT2D eigenvalue weighted by Gasteiger charge is 2.28. The summed E-state index contributed by atoms with van der Waals surface area (Å²) in [4.78, 5) is 0. The largest absolute Gasteiger partial charge is 0.452 e. The predicted molar refractivity (Wildman–Crippen MR) is 74.1 cm³/mol. The Hall–Kier alpha value is -1.10. The van der Waals surface area contributed by atoms with Crippen molar-refractivity contribution in [2.24, 2.45) is 0 Å². The lowest BCUT2D eigenvalue weighted by molar-refractivity contribution is 0.150. The Morgan fingerprint density at radius 1 is 1.22 bits per heavy atom. The molecule has 0 aliphatic carbocycles. The molecule has 0 spiro atoms. The van der Waals surface area contributed by atoms with Gasteiger partial charge < -0.3 is 9.52 Å². The van der Waals surface area contributed by atoms with E-state index in [1.54, 1.807) is 0 Å². The number of hydrogen-bond donors (Lipinski definition) is 2. The van der Waals surface area contributed by atoms with Gasteiger partial charge in [0.25, 0.3) is 0 Å². The second kappa shape index (κ2) is 5.69. The molecule has 0 fully saturated rings. The fourth-order valence-electron chi connectivity index (χ4n) is 1.72. The van der Waals surface area contributed by atoms with Crippen LogP contribution in [0, 0.1) is 0 Å². The minimum atomic E-state index is -0.581. The number of aliphatic hydroxyl groups excluding tert-OH is 1. The lowest BCUT2D eigenvalue weighted by Gasteiger charge is -2.26. The lowest BCUT2D eigenvalue weighted by atomic mass is 10.00. The molecule has 1 atom stereocenters. The quantitative estimate of drug-likeness (QED) is 0.892. The molecule has 0 amide bonds. The second-order valence-corrected chi connectivity index (χ2v) is 5.21. The first kappa shape index (κ1) is 13.3. The zero-order chi connectivity index (χ0) is 13.0. The maximum absolute atomic E-state index is 9.59. The number of nitrogens with one attached hydrogen (secondary N) is 1. The maximum Gasteiger partial charge on any atom is 0.169 e. The van der Waals surface area contributed by atoms with E-state index in [0.29, 0.717) is 17.0 Å². The van der Waals surface area contributed by atoms with Crippen molar-refractivity contribution < 1.29 is 9.52 Å². The number of halogens is 1. The van der Waals surface area contributed by atoms with Gasteiger partial charge >= 0.3 is 0 Å². The molecule has 0 saturated carbocycles. The molecule has 0 bridgehead atoms. The Balaban J connectivity index is 2.09. The minimum Gasteiger partial charge on any atom is -0.452 e. The van der Waals surface area contributed by atoms with E-state index in [2.05, 4.69) is 21.2 Å². The van der Waals surface area contributed by atoms with Crippen LogP contribution in [-0.2, 0) is 12.1 Å². The Morgan fingerprint density at radius 2 is 1.94 bits per heavy atom. The molecule has 4 heteroatoms. The van der Waals surface area contributed by atoms with E-state index in [9.17, 15) is 5.11 Å². The van der Waals surface area contributed by atoms with Crippen LogP contribution in [0.2, 0.25) is 0 Å². The van der Waals surface area contributed by atoms with E-state index >= 15 is 0 Å². The van der Waals surface area contributed by atoms with Crippen LogP contribution in [0.25, 0.3) is 0 Å². The predicted octanol–water partition coefficient (Wildman–Crippen LogP) is 3.04. The van der Waals surface area contributed by atoms with Crippen LogP contribution in [0.1, 0.15) is 18.2 Å². The van der Waals surface area contributed by atoms with E-state index in [-0.39, 0.29) is 6.61 Å². The summed E-state index contributed by atoms with van der Waals surface area (Å²) >= 11 is 3.27. The average Bonchev–Trinajstić information content (AvgIpc) is 2.84. The Labute approximate surface area is 115 Å². The van der Waals surface area contributed by atoms with E-state index in [1.165, 1.54) is 5.56 Å². The van der Waals surface area contributed by atoms with Crippen molar-refractivity contribution in [3.63, 3.8) is 0 Å². The van der Waals surface area contributed by atoms with E-state index in [0.717, 1.165) is 0 Å². The zero-order valence-corrected chi connectivity index (χ0v) is 11.8. The molecular weight excluding hydrogens is 294 g/mol. The topological polar surface area (TPSA) is 45.4 Å². The molecule has 0 saturated heterocycles. The summed E-state index contributed by atoms with van der Waals surface area (Å²) in [7, 11) is 0. The molecule has 0 radical (unpaired) electrons. The first-order valence-corrected chi connectivity index (χ1v) is 6.59. The fraction of sp³-hybridized carbons (Fsp3) is 0.286. The number of furan rings is 1. The van der Waals surface area contributed by atoms with Crippen molar-refractivity contribution in [2.75, 3.05) is 6.61 Å². The zero-order valence-electron chi connectivity index (χ0n) is 10.2. The molecule has 1 unspecified atom stereocenters. The smallest absolute Gasteiger partial charge is 0.169 e.